The number of para-hydroxylation sites is 1. The Balaban J connectivity index is 1.92. The highest BCUT2D eigenvalue weighted by atomic mass is 19.2. The van der Waals surface area contributed by atoms with E-state index in [4.69, 9.17) is 0 Å². The van der Waals surface area contributed by atoms with E-state index in [1.807, 2.05) is 25.1 Å². The SMILES string of the molecule is CCNCc1ccccc1NC(=O)CCC(=O)c1ccc(F)c(F)c1. The van der Waals surface area contributed by atoms with Gasteiger partial charge in [-0.3, -0.25) is 9.59 Å². The van der Waals surface area contributed by atoms with Crippen LogP contribution in [-0.2, 0) is 11.3 Å². The van der Waals surface area contributed by atoms with E-state index in [9.17, 15) is 18.4 Å². The van der Waals surface area contributed by atoms with Gasteiger partial charge < -0.3 is 10.6 Å². The third-order valence-electron chi connectivity index (χ3n) is 3.68. The molecule has 25 heavy (non-hydrogen) atoms. The van der Waals surface area contributed by atoms with E-state index in [1.54, 1.807) is 6.07 Å². The highest BCUT2D eigenvalue weighted by Crippen LogP contribution is 2.16. The fourth-order valence-corrected chi connectivity index (χ4v) is 2.31. The third kappa shape index (κ3) is 5.46. The number of hydrogen-bond acceptors (Lipinski definition) is 3. The van der Waals surface area contributed by atoms with Gasteiger partial charge in [0.25, 0.3) is 0 Å². The largest absolute Gasteiger partial charge is 0.326 e. The molecule has 6 heteroatoms. The molecule has 0 radical (unpaired) electrons. The Morgan fingerprint density at radius 3 is 2.48 bits per heavy atom. The van der Waals surface area contributed by atoms with Gasteiger partial charge in [0.1, 0.15) is 0 Å². The molecule has 0 atom stereocenters. The van der Waals surface area contributed by atoms with Crippen molar-refractivity contribution in [2.24, 2.45) is 0 Å². The lowest BCUT2D eigenvalue weighted by Crippen LogP contribution is -2.17. The lowest BCUT2D eigenvalue weighted by atomic mass is 10.1. The van der Waals surface area contributed by atoms with E-state index in [1.165, 1.54) is 6.07 Å². The van der Waals surface area contributed by atoms with Crippen LogP contribution in [0.4, 0.5) is 14.5 Å². The first-order chi connectivity index (χ1) is 12.0. The van der Waals surface area contributed by atoms with Crippen molar-refractivity contribution in [2.75, 3.05) is 11.9 Å². The first-order valence-corrected chi connectivity index (χ1v) is 8.08. The zero-order valence-corrected chi connectivity index (χ0v) is 13.9. The van der Waals surface area contributed by atoms with E-state index in [0.29, 0.717) is 12.2 Å². The zero-order chi connectivity index (χ0) is 18.2. The van der Waals surface area contributed by atoms with Crippen LogP contribution in [0.25, 0.3) is 0 Å². The van der Waals surface area contributed by atoms with Crippen LogP contribution in [0.15, 0.2) is 42.5 Å². The number of hydrogen-bond donors (Lipinski definition) is 2. The summed E-state index contributed by atoms with van der Waals surface area (Å²) in [6, 6.07) is 10.4. The van der Waals surface area contributed by atoms with Crippen LogP contribution in [0.3, 0.4) is 0 Å². The molecule has 0 aliphatic carbocycles. The maximum Gasteiger partial charge on any atom is 0.224 e. The second kappa shape index (κ2) is 9.03. The lowest BCUT2D eigenvalue weighted by molar-refractivity contribution is -0.116. The average molecular weight is 346 g/mol. The van der Waals surface area contributed by atoms with Gasteiger partial charge in [-0.05, 0) is 36.4 Å². The average Bonchev–Trinajstić information content (AvgIpc) is 2.61. The second-order valence-corrected chi connectivity index (χ2v) is 5.54. The number of ketones is 1. The Kier molecular flexibility index (Phi) is 6.77. The molecule has 2 aromatic carbocycles. The van der Waals surface area contributed by atoms with Crippen molar-refractivity contribution in [3.05, 3.63) is 65.2 Å². The third-order valence-corrected chi connectivity index (χ3v) is 3.68. The first-order valence-electron chi connectivity index (χ1n) is 8.08. The highest BCUT2D eigenvalue weighted by molar-refractivity contribution is 6.00. The monoisotopic (exact) mass is 346 g/mol. The number of amides is 1. The Bertz CT molecular complexity index is 763. The van der Waals surface area contributed by atoms with Crippen LogP contribution >= 0.6 is 0 Å². The molecule has 0 fully saturated rings. The zero-order valence-electron chi connectivity index (χ0n) is 13.9. The summed E-state index contributed by atoms with van der Waals surface area (Å²) < 4.78 is 26.0. The van der Waals surface area contributed by atoms with Crippen molar-refractivity contribution in [1.29, 1.82) is 0 Å². The number of Topliss-reactive ketones (excluding diaryl/α,β-unsaturated/α-hetero) is 1. The Hall–Kier alpha value is -2.60. The minimum Gasteiger partial charge on any atom is -0.326 e. The number of anilines is 1. The summed E-state index contributed by atoms with van der Waals surface area (Å²) in [6.45, 7) is 3.43. The lowest BCUT2D eigenvalue weighted by Gasteiger charge is -2.11. The predicted octanol–water partition coefficient (Wildman–Crippen LogP) is 3.68. The van der Waals surface area contributed by atoms with Crippen LogP contribution in [0.1, 0.15) is 35.7 Å². The molecular formula is C19H20F2N2O2. The normalized spacial score (nSPS) is 10.5. The van der Waals surface area contributed by atoms with E-state index in [2.05, 4.69) is 10.6 Å². The molecule has 0 aliphatic heterocycles. The molecule has 2 rings (SSSR count). The Morgan fingerprint density at radius 2 is 1.76 bits per heavy atom. The van der Waals surface area contributed by atoms with Crippen LogP contribution in [0.2, 0.25) is 0 Å². The van der Waals surface area contributed by atoms with Crippen LogP contribution in [0, 0.1) is 11.6 Å². The van der Waals surface area contributed by atoms with Gasteiger partial charge in [0.15, 0.2) is 17.4 Å². The van der Waals surface area contributed by atoms with Crippen LogP contribution in [-0.4, -0.2) is 18.2 Å². The van der Waals surface area contributed by atoms with Crippen LogP contribution < -0.4 is 10.6 Å². The number of nitrogens with one attached hydrogen (secondary N) is 2. The minimum absolute atomic E-state index is 0.0344. The molecule has 0 heterocycles. The summed E-state index contributed by atoms with van der Waals surface area (Å²) in [5, 5.41) is 5.97. The van der Waals surface area contributed by atoms with Gasteiger partial charge in [-0.1, -0.05) is 25.1 Å². The molecule has 132 valence electrons. The van der Waals surface area contributed by atoms with Gasteiger partial charge >= 0.3 is 0 Å². The summed E-state index contributed by atoms with van der Waals surface area (Å²) in [7, 11) is 0. The molecule has 2 aromatic rings. The van der Waals surface area contributed by atoms with Crippen molar-refractivity contribution in [3.8, 4) is 0 Å². The maximum absolute atomic E-state index is 13.2. The number of carbonyl (C=O) groups excluding carboxylic acids is 2. The Labute approximate surface area is 145 Å². The van der Waals surface area contributed by atoms with Crippen molar-refractivity contribution in [2.45, 2.75) is 26.3 Å². The van der Waals surface area contributed by atoms with E-state index >= 15 is 0 Å². The molecule has 2 N–H and O–H groups in total. The van der Waals surface area contributed by atoms with E-state index < -0.39 is 17.4 Å². The molecule has 0 saturated carbocycles. The molecule has 0 unspecified atom stereocenters. The van der Waals surface area contributed by atoms with E-state index in [0.717, 1.165) is 24.2 Å². The number of rotatable bonds is 8. The van der Waals surface area contributed by atoms with Crippen molar-refractivity contribution >= 4 is 17.4 Å². The summed E-state index contributed by atoms with van der Waals surface area (Å²) in [5.74, 6) is -2.80. The summed E-state index contributed by atoms with van der Waals surface area (Å²) in [6.07, 6.45) is -0.111. The smallest absolute Gasteiger partial charge is 0.224 e. The summed E-state index contributed by atoms with van der Waals surface area (Å²) in [4.78, 5) is 24.1. The number of benzene rings is 2. The quantitative estimate of drug-likeness (QED) is 0.717. The molecule has 0 bridgehead atoms. The Morgan fingerprint density at radius 1 is 1.00 bits per heavy atom. The van der Waals surface area contributed by atoms with Gasteiger partial charge in [0.2, 0.25) is 5.91 Å². The fourth-order valence-electron chi connectivity index (χ4n) is 2.31. The van der Waals surface area contributed by atoms with Gasteiger partial charge in [0.05, 0.1) is 0 Å². The molecular weight excluding hydrogens is 326 g/mol. The topological polar surface area (TPSA) is 58.2 Å². The number of carbonyl (C=O) groups is 2. The van der Waals surface area contributed by atoms with Crippen molar-refractivity contribution in [3.63, 3.8) is 0 Å². The molecule has 0 spiro atoms. The predicted molar refractivity (Wildman–Crippen MR) is 92.4 cm³/mol. The highest BCUT2D eigenvalue weighted by Gasteiger charge is 2.13. The molecule has 0 aliphatic rings. The standard InChI is InChI=1S/C19H20F2N2O2/c1-2-22-12-14-5-3-4-6-17(14)23-19(25)10-9-18(24)13-7-8-15(20)16(21)11-13/h3-8,11,22H,2,9-10,12H2,1H3,(H,23,25). The molecule has 4 nitrogen and oxygen atoms in total. The molecule has 0 saturated heterocycles. The van der Waals surface area contributed by atoms with Gasteiger partial charge in [-0.2, -0.15) is 0 Å². The minimum atomic E-state index is -1.08. The fraction of sp³-hybridized carbons (Fsp3) is 0.263. The van der Waals surface area contributed by atoms with Crippen molar-refractivity contribution in [1.82, 2.24) is 5.32 Å². The van der Waals surface area contributed by atoms with Crippen molar-refractivity contribution < 1.29 is 18.4 Å². The maximum atomic E-state index is 13.2. The number of halogens is 2. The summed E-state index contributed by atoms with van der Waals surface area (Å²) in [5.41, 5.74) is 1.69. The summed E-state index contributed by atoms with van der Waals surface area (Å²) >= 11 is 0. The van der Waals surface area contributed by atoms with Crippen LogP contribution in [0.5, 0.6) is 0 Å². The van der Waals surface area contributed by atoms with Gasteiger partial charge in [-0.25, -0.2) is 8.78 Å². The molecule has 1 amide bonds. The second-order valence-electron chi connectivity index (χ2n) is 5.54. The molecule has 0 aromatic heterocycles. The van der Waals surface area contributed by atoms with Gasteiger partial charge in [0, 0.05) is 30.6 Å². The first kappa shape index (κ1) is 18.7. The van der Waals surface area contributed by atoms with Gasteiger partial charge in [-0.15, -0.1) is 0 Å². The van der Waals surface area contributed by atoms with E-state index in [-0.39, 0.29) is 24.3 Å².